The highest BCUT2D eigenvalue weighted by atomic mass is 16.5. The molecule has 0 saturated heterocycles. The summed E-state index contributed by atoms with van der Waals surface area (Å²) in [5, 5.41) is 20.6. The van der Waals surface area contributed by atoms with E-state index in [4.69, 9.17) is 10.6 Å². The zero-order valence-corrected chi connectivity index (χ0v) is 9.61. The molecule has 0 aliphatic rings. The Morgan fingerprint density at radius 3 is 3.06 bits per heavy atom. The van der Waals surface area contributed by atoms with Gasteiger partial charge in [0.25, 0.3) is 5.95 Å². The molecule has 2 aromatic rings. The van der Waals surface area contributed by atoms with Gasteiger partial charge in [0.1, 0.15) is 6.33 Å². The molecule has 0 spiro atoms. The molecule has 0 aliphatic carbocycles. The third-order valence-corrected chi connectivity index (χ3v) is 2.16. The predicted molar refractivity (Wildman–Crippen MR) is 66.0 cm³/mol. The van der Waals surface area contributed by atoms with Crippen LogP contribution in [-0.2, 0) is 0 Å². The molecule has 4 N–H and O–H groups in total. The summed E-state index contributed by atoms with van der Waals surface area (Å²) >= 11 is 0. The number of nitrogens with two attached hydrogens (primary N) is 1. The van der Waals surface area contributed by atoms with Crippen LogP contribution in [0.15, 0.2) is 29.6 Å². The molecular formula is C10H12N6O2. The monoisotopic (exact) mass is 248 g/mol. The number of nitrogens with one attached hydrogen (secondary N) is 1. The Labute approximate surface area is 103 Å². The van der Waals surface area contributed by atoms with Crippen molar-refractivity contribution in [2.45, 2.75) is 0 Å². The number of anilines is 1. The summed E-state index contributed by atoms with van der Waals surface area (Å²) in [4.78, 5) is 0. The zero-order valence-electron chi connectivity index (χ0n) is 9.61. The first-order valence-electron chi connectivity index (χ1n) is 5.02. The van der Waals surface area contributed by atoms with E-state index in [-0.39, 0.29) is 5.75 Å². The van der Waals surface area contributed by atoms with E-state index >= 15 is 0 Å². The number of benzene rings is 1. The number of phenols is 1. The second kappa shape index (κ2) is 5.04. The highest BCUT2D eigenvalue weighted by Crippen LogP contribution is 2.25. The van der Waals surface area contributed by atoms with Crippen molar-refractivity contribution in [1.29, 1.82) is 0 Å². The van der Waals surface area contributed by atoms with Crippen LogP contribution in [0.2, 0.25) is 0 Å². The Hall–Kier alpha value is -2.77. The molecule has 0 aliphatic heterocycles. The number of aromatic hydroxyl groups is 1. The summed E-state index contributed by atoms with van der Waals surface area (Å²) in [6.45, 7) is 0. The molecule has 8 nitrogen and oxygen atoms in total. The maximum absolute atomic E-state index is 9.42. The van der Waals surface area contributed by atoms with Crippen molar-refractivity contribution in [3.8, 4) is 11.5 Å². The molecule has 1 aromatic heterocycles. The smallest absolute Gasteiger partial charge is 0.263 e. The number of nitrogens with zero attached hydrogens (tertiary/aromatic N) is 4. The molecule has 0 bridgehead atoms. The van der Waals surface area contributed by atoms with Crippen molar-refractivity contribution in [3.05, 3.63) is 30.1 Å². The van der Waals surface area contributed by atoms with Crippen LogP contribution < -0.4 is 16.0 Å². The standard InChI is InChI=1S/C10H12N6O2/c1-18-9-4-7(2-3-8(9)17)5-12-14-10-15-13-6-16(10)11/h2-6,17H,11H2,1H3,(H,14,15)/b12-5-. The second-order valence-corrected chi connectivity index (χ2v) is 3.36. The third-order valence-electron chi connectivity index (χ3n) is 2.16. The van der Waals surface area contributed by atoms with Crippen LogP contribution in [0.5, 0.6) is 11.5 Å². The number of hydrazone groups is 1. The summed E-state index contributed by atoms with van der Waals surface area (Å²) in [6.07, 6.45) is 2.89. The second-order valence-electron chi connectivity index (χ2n) is 3.36. The zero-order chi connectivity index (χ0) is 13.0. The van der Waals surface area contributed by atoms with E-state index in [1.54, 1.807) is 12.1 Å². The fourth-order valence-corrected chi connectivity index (χ4v) is 1.26. The topological polar surface area (TPSA) is 111 Å². The molecule has 0 atom stereocenters. The highest BCUT2D eigenvalue weighted by molar-refractivity contribution is 5.81. The molecule has 0 radical (unpaired) electrons. The summed E-state index contributed by atoms with van der Waals surface area (Å²) in [6, 6.07) is 4.86. The van der Waals surface area contributed by atoms with Crippen LogP contribution >= 0.6 is 0 Å². The Balaban J connectivity index is 2.07. The molecule has 18 heavy (non-hydrogen) atoms. The van der Waals surface area contributed by atoms with E-state index in [2.05, 4.69) is 20.7 Å². The number of nitrogen functional groups attached to an aromatic ring is 1. The number of rotatable bonds is 4. The third kappa shape index (κ3) is 2.48. The lowest BCUT2D eigenvalue weighted by Crippen LogP contribution is -2.10. The van der Waals surface area contributed by atoms with Crippen LogP contribution in [0.25, 0.3) is 0 Å². The van der Waals surface area contributed by atoms with Gasteiger partial charge in [-0.1, -0.05) is 0 Å². The highest BCUT2D eigenvalue weighted by Gasteiger charge is 2.01. The van der Waals surface area contributed by atoms with Gasteiger partial charge in [0, 0.05) is 0 Å². The van der Waals surface area contributed by atoms with E-state index in [1.165, 1.54) is 30.4 Å². The van der Waals surface area contributed by atoms with Crippen molar-refractivity contribution >= 4 is 12.2 Å². The molecular weight excluding hydrogens is 236 g/mol. The van der Waals surface area contributed by atoms with Crippen LogP contribution in [0.1, 0.15) is 5.56 Å². The number of ether oxygens (including phenoxy) is 1. The molecule has 1 heterocycles. The van der Waals surface area contributed by atoms with Gasteiger partial charge < -0.3 is 15.7 Å². The quantitative estimate of drug-likeness (QED) is 0.403. The lowest BCUT2D eigenvalue weighted by Gasteiger charge is -2.03. The summed E-state index contributed by atoms with van der Waals surface area (Å²) in [5.74, 6) is 6.25. The van der Waals surface area contributed by atoms with Crippen molar-refractivity contribution < 1.29 is 9.84 Å². The molecule has 8 heteroatoms. The predicted octanol–water partition coefficient (Wildman–Crippen LogP) is 0.152. The number of hydrogen-bond donors (Lipinski definition) is 3. The average molecular weight is 248 g/mol. The van der Waals surface area contributed by atoms with Gasteiger partial charge in [0.05, 0.1) is 13.3 Å². The lowest BCUT2D eigenvalue weighted by molar-refractivity contribution is 0.373. The Morgan fingerprint density at radius 2 is 2.39 bits per heavy atom. The number of methoxy groups -OCH3 is 1. The van der Waals surface area contributed by atoms with Gasteiger partial charge in [-0.05, 0) is 23.8 Å². The largest absolute Gasteiger partial charge is 0.504 e. The van der Waals surface area contributed by atoms with Gasteiger partial charge in [-0.2, -0.15) is 5.10 Å². The van der Waals surface area contributed by atoms with E-state index in [0.29, 0.717) is 11.7 Å². The van der Waals surface area contributed by atoms with Gasteiger partial charge >= 0.3 is 0 Å². The number of hydrogen-bond acceptors (Lipinski definition) is 7. The van der Waals surface area contributed by atoms with Gasteiger partial charge in [-0.3, -0.25) is 0 Å². The van der Waals surface area contributed by atoms with Gasteiger partial charge in [0.15, 0.2) is 11.5 Å². The summed E-state index contributed by atoms with van der Waals surface area (Å²) < 4.78 is 6.18. The maximum Gasteiger partial charge on any atom is 0.263 e. The van der Waals surface area contributed by atoms with Crippen LogP contribution in [0.3, 0.4) is 0 Å². The first-order valence-corrected chi connectivity index (χ1v) is 5.02. The number of aromatic nitrogens is 3. The Kier molecular flexibility index (Phi) is 3.28. The van der Waals surface area contributed by atoms with Crippen LogP contribution in [0, 0.1) is 0 Å². The number of phenolic OH excluding ortho intramolecular Hbond substituents is 1. The van der Waals surface area contributed by atoms with E-state index in [0.717, 1.165) is 5.56 Å². The molecule has 0 saturated carbocycles. The fraction of sp³-hybridized carbons (Fsp3) is 0.100. The minimum atomic E-state index is 0.0734. The lowest BCUT2D eigenvalue weighted by atomic mass is 10.2. The Bertz CT molecular complexity index is 565. The van der Waals surface area contributed by atoms with Crippen LogP contribution in [0.4, 0.5) is 5.95 Å². The van der Waals surface area contributed by atoms with Crippen LogP contribution in [-0.4, -0.2) is 33.3 Å². The van der Waals surface area contributed by atoms with Crippen molar-refractivity contribution in [2.24, 2.45) is 5.10 Å². The molecule has 0 fully saturated rings. The normalized spacial score (nSPS) is 10.7. The molecule has 0 amide bonds. The molecule has 94 valence electrons. The van der Waals surface area contributed by atoms with Gasteiger partial charge in [0.2, 0.25) is 0 Å². The fourth-order valence-electron chi connectivity index (χ4n) is 1.26. The SMILES string of the molecule is COc1cc(/C=N\Nc2nncn2N)ccc1O. The van der Waals surface area contributed by atoms with Crippen molar-refractivity contribution in [1.82, 2.24) is 14.9 Å². The van der Waals surface area contributed by atoms with Gasteiger partial charge in [-0.25, -0.2) is 10.1 Å². The van der Waals surface area contributed by atoms with Crippen molar-refractivity contribution in [2.75, 3.05) is 18.4 Å². The molecule has 0 unspecified atom stereocenters. The summed E-state index contributed by atoms with van der Waals surface area (Å²) in [7, 11) is 1.48. The summed E-state index contributed by atoms with van der Waals surface area (Å²) in [5.41, 5.74) is 3.37. The molecule has 1 aromatic carbocycles. The maximum atomic E-state index is 9.42. The Morgan fingerprint density at radius 1 is 1.56 bits per heavy atom. The minimum Gasteiger partial charge on any atom is -0.504 e. The minimum absolute atomic E-state index is 0.0734. The van der Waals surface area contributed by atoms with E-state index < -0.39 is 0 Å². The van der Waals surface area contributed by atoms with E-state index in [1.807, 2.05) is 0 Å². The van der Waals surface area contributed by atoms with Gasteiger partial charge in [-0.15, -0.1) is 10.2 Å². The van der Waals surface area contributed by atoms with Crippen molar-refractivity contribution in [3.63, 3.8) is 0 Å². The average Bonchev–Trinajstić information content (AvgIpc) is 2.77. The first kappa shape index (κ1) is 11.7. The molecule has 2 rings (SSSR count). The van der Waals surface area contributed by atoms with E-state index in [9.17, 15) is 5.11 Å². The first-order chi connectivity index (χ1) is 8.70.